The van der Waals surface area contributed by atoms with E-state index in [9.17, 15) is 4.79 Å². The van der Waals surface area contributed by atoms with Gasteiger partial charge in [-0.05, 0) is 37.5 Å². The Kier molecular flexibility index (Phi) is 4.58. The van der Waals surface area contributed by atoms with Crippen molar-refractivity contribution in [2.24, 2.45) is 11.1 Å². The molecule has 2 fully saturated rings. The number of anilines is 1. The summed E-state index contributed by atoms with van der Waals surface area (Å²) in [6, 6.07) is 6.64. The quantitative estimate of drug-likeness (QED) is 0.896. The summed E-state index contributed by atoms with van der Waals surface area (Å²) in [5.41, 5.74) is 8.37. The number of rotatable bonds is 3. The molecule has 2 aliphatic rings. The largest absolute Gasteiger partial charge is 0.423 e. The Labute approximate surface area is 153 Å². The van der Waals surface area contributed by atoms with Crippen LogP contribution in [-0.2, 0) is 9.53 Å². The van der Waals surface area contributed by atoms with Gasteiger partial charge in [0.2, 0.25) is 5.91 Å². The van der Waals surface area contributed by atoms with Gasteiger partial charge in [0, 0.05) is 45.9 Å². The third kappa shape index (κ3) is 3.05. The fourth-order valence-corrected chi connectivity index (χ4v) is 3.86. The number of aromatic nitrogens is 1. The summed E-state index contributed by atoms with van der Waals surface area (Å²) < 4.78 is 11.3. The van der Waals surface area contributed by atoms with E-state index in [-0.39, 0.29) is 5.91 Å². The molecule has 0 bridgehead atoms. The van der Waals surface area contributed by atoms with Gasteiger partial charge in [-0.1, -0.05) is 6.07 Å². The molecule has 0 radical (unpaired) electrons. The second-order valence-corrected chi connectivity index (χ2v) is 7.34. The second-order valence-electron chi connectivity index (χ2n) is 7.34. The van der Waals surface area contributed by atoms with Crippen molar-refractivity contribution < 1.29 is 13.9 Å². The summed E-state index contributed by atoms with van der Waals surface area (Å²) in [6.07, 6.45) is 1.43. The van der Waals surface area contributed by atoms with Crippen molar-refractivity contribution in [1.82, 2.24) is 9.88 Å². The normalized spacial score (nSPS) is 20.5. The van der Waals surface area contributed by atoms with Crippen LogP contribution in [0.25, 0.3) is 11.1 Å². The van der Waals surface area contributed by atoms with Crippen LogP contribution >= 0.6 is 0 Å². The number of fused-ring (bicyclic) bond motifs is 1. The number of ether oxygens (including phenoxy) is 1. The summed E-state index contributed by atoms with van der Waals surface area (Å²) in [7, 11) is 0. The zero-order chi connectivity index (χ0) is 18.1. The maximum Gasteiger partial charge on any atom is 0.298 e. The van der Waals surface area contributed by atoms with E-state index in [1.54, 1.807) is 0 Å². The molecule has 1 amide bonds. The zero-order valence-corrected chi connectivity index (χ0v) is 15.2. The number of hydrogen-bond acceptors (Lipinski definition) is 6. The highest BCUT2D eigenvalue weighted by atomic mass is 16.5. The Bertz CT molecular complexity index is 789. The average molecular weight is 358 g/mol. The third-order valence-corrected chi connectivity index (χ3v) is 5.66. The minimum Gasteiger partial charge on any atom is -0.423 e. The van der Waals surface area contributed by atoms with Crippen LogP contribution in [0.4, 0.5) is 6.01 Å². The summed E-state index contributed by atoms with van der Waals surface area (Å²) in [4.78, 5) is 21.7. The highest BCUT2D eigenvalue weighted by Gasteiger charge is 2.42. The molecule has 2 saturated heterocycles. The molecule has 7 heteroatoms. The van der Waals surface area contributed by atoms with Gasteiger partial charge in [0.05, 0.1) is 5.41 Å². The first-order chi connectivity index (χ1) is 12.6. The van der Waals surface area contributed by atoms with Crippen LogP contribution in [0.3, 0.4) is 0 Å². The summed E-state index contributed by atoms with van der Waals surface area (Å²) in [5.74, 6) is 0.177. The summed E-state index contributed by atoms with van der Waals surface area (Å²) in [5, 5.41) is 0. The molecular weight excluding hydrogens is 332 g/mol. The fraction of sp³-hybridized carbons (Fsp3) is 0.579. The molecule has 7 nitrogen and oxygen atoms in total. The van der Waals surface area contributed by atoms with Crippen molar-refractivity contribution in [3.05, 3.63) is 23.8 Å². The number of carbonyl (C=O) groups excluding carboxylic acids is 1. The lowest BCUT2D eigenvalue weighted by Crippen LogP contribution is -2.56. The van der Waals surface area contributed by atoms with Crippen LogP contribution < -0.4 is 10.6 Å². The molecular formula is C19H26N4O3. The van der Waals surface area contributed by atoms with Crippen LogP contribution in [0.2, 0.25) is 0 Å². The van der Waals surface area contributed by atoms with Crippen molar-refractivity contribution in [2.45, 2.75) is 19.8 Å². The van der Waals surface area contributed by atoms with Crippen molar-refractivity contribution in [3.63, 3.8) is 0 Å². The van der Waals surface area contributed by atoms with Crippen molar-refractivity contribution >= 4 is 23.0 Å². The predicted octanol–water partition coefficient (Wildman–Crippen LogP) is 1.54. The number of carbonyl (C=O) groups is 1. The first kappa shape index (κ1) is 17.3. The Morgan fingerprint density at radius 3 is 2.65 bits per heavy atom. The van der Waals surface area contributed by atoms with E-state index in [2.05, 4.69) is 9.88 Å². The molecule has 1 aromatic carbocycles. The van der Waals surface area contributed by atoms with E-state index in [1.807, 2.05) is 30.0 Å². The number of nitrogens with two attached hydrogens (primary N) is 1. The van der Waals surface area contributed by atoms with Gasteiger partial charge in [0.25, 0.3) is 6.01 Å². The van der Waals surface area contributed by atoms with Gasteiger partial charge in [-0.25, -0.2) is 0 Å². The molecule has 1 aromatic heterocycles. The molecule has 3 heterocycles. The lowest BCUT2D eigenvalue weighted by molar-refractivity contribution is -0.147. The molecule has 4 rings (SSSR count). The van der Waals surface area contributed by atoms with E-state index in [4.69, 9.17) is 14.9 Å². The molecule has 0 unspecified atom stereocenters. The van der Waals surface area contributed by atoms with Gasteiger partial charge in [-0.15, -0.1) is 0 Å². The number of benzene rings is 1. The Morgan fingerprint density at radius 2 is 1.96 bits per heavy atom. The van der Waals surface area contributed by atoms with E-state index in [0.29, 0.717) is 64.8 Å². The first-order valence-corrected chi connectivity index (χ1v) is 9.31. The number of piperazine rings is 1. The maximum absolute atomic E-state index is 13.1. The number of hydrogen-bond donors (Lipinski definition) is 1. The van der Waals surface area contributed by atoms with Crippen molar-refractivity contribution in [1.29, 1.82) is 0 Å². The monoisotopic (exact) mass is 358 g/mol. The second kappa shape index (κ2) is 6.89. The number of oxazole rings is 1. The smallest absolute Gasteiger partial charge is 0.298 e. The van der Waals surface area contributed by atoms with Gasteiger partial charge in [-0.2, -0.15) is 4.98 Å². The Balaban J connectivity index is 1.43. The van der Waals surface area contributed by atoms with Gasteiger partial charge in [0.1, 0.15) is 5.52 Å². The maximum atomic E-state index is 13.1. The van der Waals surface area contributed by atoms with Crippen LogP contribution in [-0.4, -0.2) is 61.7 Å². The Morgan fingerprint density at radius 1 is 1.23 bits per heavy atom. The van der Waals surface area contributed by atoms with Gasteiger partial charge >= 0.3 is 0 Å². The highest BCUT2D eigenvalue weighted by Crippen LogP contribution is 2.32. The summed E-state index contributed by atoms with van der Waals surface area (Å²) >= 11 is 0. The molecule has 26 heavy (non-hydrogen) atoms. The Hall–Kier alpha value is -2.12. The standard InChI is InChI=1S/C19H26N4O3/c1-14-2-3-16-15(12-14)21-18(26-16)23-8-6-22(7-9-23)17(24)19(13-20)4-10-25-11-5-19/h2-3,12H,4-11,13,20H2,1H3. The molecule has 0 aliphatic carbocycles. The number of nitrogens with zero attached hydrogens (tertiary/aromatic N) is 3. The van der Waals surface area contributed by atoms with E-state index < -0.39 is 5.41 Å². The average Bonchev–Trinajstić information content (AvgIpc) is 3.11. The minimum atomic E-state index is -0.449. The fourth-order valence-electron chi connectivity index (χ4n) is 3.86. The number of amides is 1. The van der Waals surface area contributed by atoms with E-state index >= 15 is 0 Å². The predicted molar refractivity (Wildman–Crippen MR) is 99.1 cm³/mol. The van der Waals surface area contributed by atoms with Gasteiger partial charge in [-0.3, -0.25) is 4.79 Å². The van der Waals surface area contributed by atoms with Gasteiger partial charge < -0.3 is 24.7 Å². The molecule has 2 N–H and O–H groups in total. The minimum absolute atomic E-state index is 0.177. The highest BCUT2D eigenvalue weighted by molar-refractivity contribution is 5.83. The van der Waals surface area contributed by atoms with Crippen LogP contribution in [0.15, 0.2) is 22.6 Å². The zero-order valence-electron chi connectivity index (χ0n) is 15.2. The van der Waals surface area contributed by atoms with Gasteiger partial charge in [0.15, 0.2) is 5.58 Å². The van der Waals surface area contributed by atoms with Crippen molar-refractivity contribution in [3.8, 4) is 0 Å². The molecule has 2 aromatic rings. The lowest BCUT2D eigenvalue weighted by atomic mass is 9.78. The molecule has 140 valence electrons. The SMILES string of the molecule is Cc1ccc2oc(N3CCN(C(=O)C4(CN)CCOCC4)CC3)nc2c1. The van der Waals surface area contributed by atoms with E-state index in [1.165, 1.54) is 0 Å². The van der Waals surface area contributed by atoms with Crippen LogP contribution in [0.1, 0.15) is 18.4 Å². The topological polar surface area (TPSA) is 84.8 Å². The summed E-state index contributed by atoms with van der Waals surface area (Å²) in [6.45, 7) is 6.43. The lowest BCUT2D eigenvalue weighted by Gasteiger charge is -2.42. The third-order valence-electron chi connectivity index (χ3n) is 5.66. The van der Waals surface area contributed by atoms with Crippen molar-refractivity contribution in [2.75, 3.05) is 50.8 Å². The van der Waals surface area contributed by atoms with Crippen LogP contribution in [0, 0.1) is 12.3 Å². The van der Waals surface area contributed by atoms with Crippen LogP contribution in [0.5, 0.6) is 0 Å². The number of aryl methyl sites for hydroxylation is 1. The van der Waals surface area contributed by atoms with E-state index in [0.717, 1.165) is 16.7 Å². The molecule has 0 spiro atoms. The molecule has 0 saturated carbocycles. The first-order valence-electron chi connectivity index (χ1n) is 9.31. The molecule has 0 atom stereocenters. The molecule has 2 aliphatic heterocycles.